The van der Waals surface area contributed by atoms with Gasteiger partial charge in [-0.25, -0.2) is 0 Å². The van der Waals surface area contributed by atoms with E-state index >= 15 is 0 Å². The monoisotopic (exact) mass is 222 g/mol. The van der Waals surface area contributed by atoms with Crippen LogP contribution in [0, 0.1) is 17.8 Å². The van der Waals surface area contributed by atoms with Gasteiger partial charge >= 0.3 is 0 Å². The summed E-state index contributed by atoms with van der Waals surface area (Å²) in [5.74, 6) is 2.68. The number of hydrogen-bond acceptors (Lipinski definition) is 2. The highest BCUT2D eigenvalue weighted by molar-refractivity contribution is 5.11. The summed E-state index contributed by atoms with van der Waals surface area (Å²) in [7, 11) is 4.29. The molecule has 0 aliphatic heterocycles. The Bertz CT molecular complexity index is 247. The van der Waals surface area contributed by atoms with Crippen LogP contribution in [-0.4, -0.2) is 38.1 Å². The molecule has 92 valence electrons. The van der Waals surface area contributed by atoms with E-state index in [0.29, 0.717) is 6.04 Å². The van der Waals surface area contributed by atoms with Gasteiger partial charge in [0, 0.05) is 6.04 Å². The molecule has 2 nitrogen and oxygen atoms in total. The van der Waals surface area contributed by atoms with E-state index in [4.69, 9.17) is 0 Å². The molecule has 4 unspecified atom stereocenters. The van der Waals surface area contributed by atoms with E-state index in [0.717, 1.165) is 24.3 Å². The highest BCUT2D eigenvalue weighted by Gasteiger charge is 2.38. The number of nitrogens with one attached hydrogen (secondary N) is 1. The van der Waals surface area contributed by atoms with Crippen LogP contribution in [0.2, 0.25) is 0 Å². The van der Waals surface area contributed by atoms with Crippen LogP contribution in [0.15, 0.2) is 12.2 Å². The SMILES string of the molecule is CC(NCCCN(C)C)C1CC2C=CC1C2. The summed E-state index contributed by atoms with van der Waals surface area (Å²) < 4.78 is 0. The lowest BCUT2D eigenvalue weighted by molar-refractivity contribution is 0.317. The first kappa shape index (κ1) is 12.1. The van der Waals surface area contributed by atoms with Gasteiger partial charge in [0.2, 0.25) is 0 Å². The highest BCUT2D eigenvalue weighted by Crippen LogP contribution is 2.44. The molecule has 2 heteroatoms. The van der Waals surface area contributed by atoms with Crippen LogP contribution < -0.4 is 5.32 Å². The predicted molar refractivity (Wildman–Crippen MR) is 69.5 cm³/mol. The standard InChI is InChI=1S/C14H26N2/c1-11(15-7-4-8-16(2)3)14-10-12-5-6-13(14)9-12/h5-6,11-15H,4,7-10H2,1-3H3. The second-order valence-electron chi connectivity index (χ2n) is 5.84. The van der Waals surface area contributed by atoms with E-state index in [1.165, 1.54) is 25.8 Å². The summed E-state index contributed by atoms with van der Waals surface area (Å²) in [6.07, 6.45) is 8.99. The first-order valence-corrected chi connectivity index (χ1v) is 6.73. The quantitative estimate of drug-likeness (QED) is 0.547. The summed E-state index contributed by atoms with van der Waals surface area (Å²) in [5, 5.41) is 3.70. The minimum absolute atomic E-state index is 0.696. The highest BCUT2D eigenvalue weighted by atomic mass is 15.1. The van der Waals surface area contributed by atoms with Gasteiger partial charge in [-0.2, -0.15) is 0 Å². The van der Waals surface area contributed by atoms with E-state index in [1.807, 2.05) is 0 Å². The maximum absolute atomic E-state index is 3.70. The van der Waals surface area contributed by atoms with Gasteiger partial charge in [-0.3, -0.25) is 0 Å². The Hall–Kier alpha value is -0.340. The van der Waals surface area contributed by atoms with Gasteiger partial charge in [-0.05, 0) is 71.1 Å². The van der Waals surface area contributed by atoms with Crippen molar-refractivity contribution in [3.63, 3.8) is 0 Å². The van der Waals surface area contributed by atoms with Crippen LogP contribution in [0.25, 0.3) is 0 Å². The van der Waals surface area contributed by atoms with E-state index in [-0.39, 0.29) is 0 Å². The Morgan fingerprint density at radius 1 is 1.31 bits per heavy atom. The van der Waals surface area contributed by atoms with Crippen molar-refractivity contribution >= 4 is 0 Å². The lowest BCUT2D eigenvalue weighted by Crippen LogP contribution is -2.36. The van der Waals surface area contributed by atoms with Crippen molar-refractivity contribution in [3.8, 4) is 0 Å². The maximum Gasteiger partial charge on any atom is 0.00728 e. The second-order valence-corrected chi connectivity index (χ2v) is 5.84. The van der Waals surface area contributed by atoms with Crippen molar-refractivity contribution in [2.75, 3.05) is 27.2 Å². The Morgan fingerprint density at radius 2 is 2.12 bits per heavy atom. The molecular weight excluding hydrogens is 196 g/mol. The first-order valence-electron chi connectivity index (χ1n) is 6.73. The van der Waals surface area contributed by atoms with Crippen molar-refractivity contribution in [2.45, 2.75) is 32.2 Å². The first-order chi connectivity index (χ1) is 7.66. The summed E-state index contributed by atoms with van der Waals surface area (Å²) >= 11 is 0. The predicted octanol–water partition coefficient (Wildman–Crippen LogP) is 2.13. The van der Waals surface area contributed by atoms with E-state index in [2.05, 4.69) is 43.4 Å². The average molecular weight is 222 g/mol. The molecule has 0 amide bonds. The summed E-state index contributed by atoms with van der Waals surface area (Å²) in [4.78, 5) is 2.26. The van der Waals surface area contributed by atoms with E-state index in [9.17, 15) is 0 Å². The summed E-state index contributed by atoms with van der Waals surface area (Å²) in [6.45, 7) is 4.72. The van der Waals surface area contributed by atoms with Crippen molar-refractivity contribution in [1.29, 1.82) is 0 Å². The Labute approximate surface area is 100 Å². The van der Waals surface area contributed by atoms with Crippen molar-refractivity contribution in [3.05, 3.63) is 12.2 Å². The molecular formula is C14H26N2. The fraction of sp³-hybridized carbons (Fsp3) is 0.857. The third-order valence-corrected chi connectivity index (χ3v) is 4.22. The zero-order valence-corrected chi connectivity index (χ0v) is 10.9. The van der Waals surface area contributed by atoms with Crippen LogP contribution in [0.5, 0.6) is 0 Å². The molecule has 0 aromatic heterocycles. The molecule has 1 saturated carbocycles. The molecule has 2 aliphatic carbocycles. The zero-order chi connectivity index (χ0) is 11.5. The molecule has 2 aliphatic rings. The van der Waals surface area contributed by atoms with Crippen molar-refractivity contribution in [1.82, 2.24) is 10.2 Å². The zero-order valence-electron chi connectivity index (χ0n) is 10.9. The van der Waals surface area contributed by atoms with Gasteiger partial charge in [0.1, 0.15) is 0 Å². The molecule has 0 spiro atoms. The normalized spacial score (nSPS) is 33.9. The molecule has 0 aromatic carbocycles. The molecule has 0 saturated heterocycles. The van der Waals surface area contributed by atoms with Crippen molar-refractivity contribution < 1.29 is 0 Å². The molecule has 2 bridgehead atoms. The van der Waals surface area contributed by atoms with Crippen LogP contribution in [0.1, 0.15) is 26.2 Å². The topological polar surface area (TPSA) is 15.3 Å². The third-order valence-electron chi connectivity index (χ3n) is 4.22. The number of nitrogens with zero attached hydrogens (tertiary/aromatic N) is 1. The maximum atomic E-state index is 3.70. The molecule has 0 radical (unpaired) electrons. The number of allylic oxidation sites excluding steroid dienone is 2. The average Bonchev–Trinajstić information content (AvgIpc) is 2.85. The van der Waals surface area contributed by atoms with Crippen LogP contribution in [-0.2, 0) is 0 Å². The van der Waals surface area contributed by atoms with E-state index < -0.39 is 0 Å². The molecule has 4 atom stereocenters. The molecule has 0 heterocycles. The smallest absolute Gasteiger partial charge is 0.00728 e. The third kappa shape index (κ3) is 2.86. The van der Waals surface area contributed by atoms with Crippen LogP contribution in [0.3, 0.4) is 0 Å². The van der Waals surface area contributed by atoms with E-state index in [1.54, 1.807) is 0 Å². The number of fused-ring (bicyclic) bond motifs is 2. The van der Waals surface area contributed by atoms with Crippen LogP contribution >= 0.6 is 0 Å². The molecule has 1 fully saturated rings. The number of rotatable bonds is 6. The molecule has 0 aromatic rings. The lowest BCUT2D eigenvalue weighted by atomic mass is 9.87. The summed E-state index contributed by atoms with van der Waals surface area (Å²) in [5.41, 5.74) is 0. The minimum Gasteiger partial charge on any atom is -0.314 e. The molecule has 1 N–H and O–H groups in total. The van der Waals surface area contributed by atoms with Crippen LogP contribution in [0.4, 0.5) is 0 Å². The van der Waals surface area contributed by atoms with Gasteiger partial charge in [0.25, 0.3) is 0 Å². The van der Waals surface area contributed by atoms with Gasteiger partial charge in [-0.1, -0.05) is 12.2 Å². The van der Waals surface area contributed by atoms with Gasteiger partial charge in [0.05, 0.1) is 0 Å². The fourth-order valence-electron chi connectivity index (χ4n) is 3.27. The van der Waals surface area contributed by atoms with Gasteiger partial charge < -0.3 is 10.2 Å². The van der Waals surface area contributed by atoms with Gasteiger partial charge in [-0.15, -0.1) is 0 Å². The Kier molecular flexibility index (Phi) is 4.04. The lowest BCUT2D eigenvalue weighted by Gasteiger charge is -2.26. The number of hydrogen-bond donors (Lipinski definition) is 1. The fourth-order valence-corrected chi connectivity index (χ4v) is 3.27. The molecule has 2 rings (SSSR count). The minimum atomic E-state index is 0.696. The Balaban J connectivity index is 1.65. The largest absolute Gasteiger partial charge is 0.314 e. The molecule has 16 heavy (non-hydrogen) atoms. The van der Waals surface area contributed by atoms with Gasteiger partial charge in [0.15, 0.2) is 0 Å². The second kappa shape index (κ2) is 5.33. The summed E-state index contributed by atoms with van der Waals surface area (Å²) in [6, 6.07) is 0.696. The Morgan fingerprint density at radius 3 is 2.69 bits per heavy atom. The van der Waals surface area contributed by atoms with Crippen molar-refractivity contribution in [2.24, 2.45) is 17.8 Å².